The maximum atomic E-state index is 14.5. The summed E-state index contributed by atoms with van der Waals surface area (Å²) < 4.78 is 19.3. The van der Waals surface area contributed by atoms with Gasteiger partial charge in [-0.25, -0.2) is 14.4 Å². The second kappa shape index (κ2) is 11.8. The van der Waals surface area contributed by atoms with Gasteiger partial charge in [0.25, 0.3) is 5.91 Å². The molecule has 1 aromatic carbocycles. The number of anilines is 2. The molecule has 2 aliphatic heterocycles. The zero-order chi connectivity index (χ0) is 31.1. The normalized spacial score (nSPS) is 19.5. The molecule has 0 aliphatic carbocycles. The van der Waals surface area contributed by atoms with Gasteiger partial charge in [0.05, 0.1) is 24.1 Å². The Morgan fingerprint density at radius 2 is 1.84 bits per heavy atom. The Hall–Kier alpha value is -3.72. The van der Waals surface area contributed by atoms with E-state index in [2.05, 4.69) is 35.6 Å². The van der Waals surface area contributed by atoms with E-state index in [1.54, 1.807) is 18.3 Å². The number of halogens is 2. The van der Waals surface area contributed by atoms with E-state index in [1.807, 2.05) is 43.0 Å². The van der Waals surface area contributed by atoms with Crippen molar-refractivity contribution in [3.8, 4) is 0 Å². The number of carbonyl (C=O) groups is 2. The third-order valence-electron chi connectivity index (χ3n) is 8.49. The average molecular weight is 608 g/mol. The third kappa shape index (κ3) is 6.05. The van der Waals surface area contributed by atoms with Gasteiger partial charge in [-0.2, -0.15) is 0 Å². The zero-order valence-electron chi connectivity index (χ0n) is 25.7. The van der Waals surface area contributed by atoms with Gasteiger partial charge in [-0.1, -0.05) is 43.6 Å². The summed E-state index contributed by atoms with van der Waals surface area (Å²) in [5.41, 5.74) is 1.98. The summed E-state index contributed by atoms with van der Waals surface area (Å²) in [5, 5.41) is 0.0951. The van der Waals surface area contributed by atoms with Gasteiger partial charge in [0, 0.05) is 49.9 Å². The third-order valence-corrected chi connectivity index (χ3v) is 8.80. The van der Waals surface area contributed by atoms with Gasteiger partial charge < -0.3 is 19.4 Å². The summed E-state index contributed by atoms with van der Waals surface area (Å²) in [7, 11) is 1.37. The predicted octanol–water partition coefficient (Wildman–Crippen LogP) is 5.51. The van der Waals surface area contributed by atoms with E-state index >= 15 is 0 Å². The van der Waals surface area contributed by atoms with Crippen LogP contribution in [-0.2, 0) is 21.4 Å². The quantitative estimate of drug-likeness (QED) is 0.328. The van der Waals surface area contributed by atoms with Gasteiger partial charge >= 0.3 is 5.97 Å². The molecule has 0 saturated carbocycles. The molecule has 2 aromatic heterocycles. The monoisotopic (exact) mass is 607 g/mol. The second-order valence-electron chi connectivity index (χ2n) is 12.8. The van der Waals surface area contributed by atoms with Crippen LogP contribution in [0.2, 0.25) is 5.02 Å². The smallest absolute Gasteiger partial charge is 0.310 e. The number of carbonyl (C=O) groups excluding carboxylic acids is 2. The number of nitrogens with zero attached hydrogens (tertiary/aromatic N) is 5. The first kappa shape index (κ1) is 30.7. The van der Waals surface area contributed by atoms with E-state index in [9.17, 15) is 14.0 Å². The van der Waals surface area contributed by atoms with Crippen molar-refractivity contribution < 1.29 is 18.7 Å². The van der Waals surface area contributed by atoms with Crippen molar-refractivity contribution in [2.45, 2.75) is 52.0 Å². The predicted molar refractivity (Wildman–Crippen MR) is 166 cm³/mol. The van der Waals surface area contributed by atoms with Gasteiger partial charge in [0.1, 0.15) is 23.1 Å². The van der Waals surface area contributed by atoms with Crippen LogP contribution >= 0.6 is 11.6 Å². The molecule has 1 amide bonds. The number of pyridine rings is 2. The first-order chi connectivity index (χ1) is 20.3. The first-order valence-corrected chi connectivity index (χ1v) is 15.0. The molecule has 43 heavy (non-hydrogen) atoms. The molecule has 4 heterocycles. The van der Waals surface area contributed by atoms with E-state index < -0.39 is 16.8 Å². The zero-order valence-corrected chi connectivity index (χ0v) is 26.4. The maximum Gasteiger partial charge on any atom is 0.310 e. The van der Waals surface area contributed by atoms with E-state index in [1.165, 1.54) is 13.2 Å². The molecule has 0 bridgehead atoms. The first-order valence-electron chi connectivity index (χ1n) is 14.6. The molecule has 5 rings (SSSR count). The SMILES string of the molecule is COC(=O)Cc1ccc(N2CCN(C(=O)c3ccc4c(n3)N(CC(C)C)CC4(C)c3ccc(Cl)c(F)c3)C(C)(C)C2)nc1. The number of amides is 1. The van der Waals surface area contributed by atoms with Crippen LogP contribution in [0.3, 0.4) is 0 Å². The number of aromatic nitrogens is 2. The second-order valence-corrected chi connectivity index (χ2v) is 13.2. The van der Waals surface area contributed by atoms with Crippen LogP contribution in [-0.4, -0.2) is 72.1 Å². The summed E-state index contributed by atoms with van der Waals surface area (Å²) in [6, 6.07) is 12.5. The number of benzene rings is 1. The summed E-state index contributed by atoms with van der Waals surface area (Å²) >= 11 is 5.99. The van der Waals surface area contributed by atoms with Crippen LogP contribution in [0.15, 0.2) is 48.7 Å². The maximum absolute atomic E-state index is 14.5. The van der Waals surface area contributed by atoms with Crippen LogP contribution in [0.25, 0.3) is 0 Å². The van der Waals surface area contributed by atoms with Crippen LogP contribution in [0.4, 0.5) is 16.0 Å². The van der Waals surface area contributed by atoms with Crippen LogP contribution in [0, 0.1) is 11.7 Å². The van der Waals surface area contributed by atoms with Crippen molar-refractivity contribution in [1.82, 2.24) is 14.9 Å². The Labute approximate surface area is 257 Å². The lowest BCUT2D eigenvalue weighted by atomic mass is 9.78. The molecule has 1 unspecified atom stereocenters. The van der Waals surface area contributed by atoms with Crippen LogP contribution in [0.5, 0.6) is 0 Å². The highest BCUT2D eigenvalue weighted by Gasteiger charge is 2.43. The van der Waals surface area contributed by atoms with Crippen LogP contribution in [0.1, 0.15) is 61.8 Å². The number of piperazine rings is 1. The highest BCUT2D eigenvalue weighted by molar-refractivity contribution is 6.30. The number of hydrogen-bond donors (Lipinski definition) is 0. The Morgan fingerprint density at radius 3 is 2.47 bits per heavy atom. The largest absolute Gasteiger partial charge is 0.469 e. The topological polar surface area (TPSA) is 78.9 Å². The number of esters is 1. The van der Waals surface area contributed by atoms with Gasteiger partial charge in [0.2, 0.25) is 0 Å². The summed E-state index contributed by atoms with van der Waals surface area (Å²) in [5.74, 6) is 1.06. The fourth-order valence-electron chi connectivity index (χ4n) is 6.27. The molecule has 0 radical (unpaired) electrons. The molecule has 0 spiro atoms. The minimum atomic E-state index is -0.505. The summed E-state index contributed by atoms with van der Waals surface area (Å²) in [4.78, 5) is 41.4. The Morgan fingerprint density at radius 1 is 1.07 bits per heavy atom. The molecule has 1 saturated heterocycles. The molecule has 0 N–H and O–H groups in total. The van der Waals surface area contributed by atoms with Crippen molar-refractivity contribution in [2.75, 3.05) is 49.6 Å². The van der Waals surface area contributed by atoms with Gasteiger partial charge in [-0.15, -0.1) is 0 Å². The van der Waals surface area contributed by atoms with Crippen molar-refractivity contribution in [3.63, 3.8) is 0 Å². The number of fused-ring (bicyclic) bond motifs is 1. The average Bonchev–Trinajstić information content (AvgIpc) is 3.24. The van der Waals surface area contributed by atoms with E-state index in [0.29, 0.717) is 37.8 Å². The summed E-state index contributed by atoms with van der Waals surface area (Å²) in [6.07, 6.45) is 1.87. The van der Waals surface area contributed by atoms with Crippen molar-refractivity contribution in [1.29, 1.82) is 0 Å². The molecule has 2 aliphatic rings. The fraction of sp³-hybridized carbons (Fsp3) is 0.455. The molecular weight excluding hydrogens is 569 g/mol. The fourth-order valence-corrected chi connectivity index (χ4v) is 6.39. The molecule has 1 atom stereocenters. The number of methoxy groups -OCH3 is 1. The van der Waals surface area contributed by atoms with E-state index in [-0.39, 0.29) is 23.3 Å². The highest BCUT2D eigenvalue weighted by atomic mass is 35.5. The summed E-state index contributed by atoms with van der Waals surface area (Å²) in [6.45, 7) is 13.6. The number of ether oxygens (including phenoxy) is 1. The Kier molecular flexibility index (Phi) is 8.40. The molecule has 8 nitrogen and oxygen atoms in total. The highest BCUT2D eigenvalue weighted by Crippen LogP contribution is 2.45. The van der Waals surface area contributed by atoms with Crippen molar-refractivity contribution >= 4 is 35.1 Å². The minimum Gasteiger partial charge on any atom is -0.469 e. The number of rotatable bonds is 7. The van der Waals surface area contributed by atoms with E-state index in [0.717, 1.165) is 34.9 Å². The van der Waals surface area contributed by atoms with Gasteiger partial charge in [-0.05, 0) is 62.1 Å². The van der Waals surface area contributed by atoms with Crippen molar-refractivity contribution in [2.24, 2.45) is 5.92 Å². The lowest BCUT2D eigenvalue weighted by Crippen LogP contribution is -2.61. The lowest BCUT2D eigenvalue weighted by Gasteiger charge is -2.47. The standard InChI is InChI=1S/C33H39ClFN5O3/c1-21(2)18-39-20-33(5,23-8-10-25(34)26(35)16-23)24-9-11-27(37-30(24)39)31(42)40-14-13-38(19-32(40,3)4)28-12-7-22(17-36-28)15-29(41)43-6/h7-12,16-17,21H,13-15,18-20H2,1-6H3. The number of hydrogen-bond acceptors (Lipinski definition) is 7. The molecule has 3 aromatic rings. The molecule has 1 fully saturated rings. The Balaban J connectivity index is 1.38. The molecule has 10 heteroatoms. The van der Waals surface area contributed by atoms with E-state index in [4.69, 9.17) is 21.3 Å². The minimum absolute atomic E-state index is 0.0951. The van der Waals surface area contributed by atoms with Crippen LogP contribution < -0.4 is 9.80 Å². The molecular formula is C33H39ClFN5O3. The lowest BCUT2D eigenvalue weighted by molar-refractivity contribution is -0.139. The van der Waals surface area contributed by atoms with Crippen molar-refractivity contribution in [3.05, 3.63) is 81.9 Å². The molecule has 228 valence electrons. The van der Waals surface area contributed by atoms with Gasteiger partial charge in [0.15, 0.2) is 0 Å². The van der Waals surface area contributed by atoms with Gasteiger partial charge in [-0.3, -0.25) is 9.59 Å². The Bertz CT molecular complexity index is 1530.